The Hall–Kier alpha value is -2.43. The minimum absolute atomic E-state index is 0.255. The van der Waals surface area contributed by atoms with Crippen LogP contribution >= 0.6 is 0 Å². The average molecular weight is 298 g/mol. The molecule has 0 bridgehead atoms. The first kappa shape index (κ1) is 15.9. The molecule has 1 aromatic heterocycles. The second-order valence-electron chi connectivity index (χ2n) is 5.53. The zero-order chi connectivity index (χ0) is 16.1. The van der Waals surface area contributed by atoms with E-state index in [0.717, 1.165) is 23.2 Å². The summed E-state index contributed by atoms with van der Waals surface area (Å²) in [7, 11) is 0. The Morgan fingerprint density at radius 1 is 1.18 bits per heavy atom. The third-order valence-corrected chi connectivity index (χ3v) is 3.53. The maximum Gasteiger partial charge on any atom is 0.276 e. The van der Waals surface area contributed by atoms with Crippen molar-refractivity contribution in [1.29, 1.82) is 0 Å². The number of benzene rings is 1. The van der Waals surface area contributed by atoms with Crippen molar-refractivity contribution in [2.24, 2.45) is 0 Å². The van der Waals surface area contributed by atoms with Crippen molar-refractivity contribution in [3.05, 3.63) is 47.2 Å². The van der Waals surface area contributed by atoms with Crippen LogP contribution in [0.1, 0.15) is 41.9 Å². The maximum atomic E-state index is 12.2. The molecule has 1 amide bonds. The molecule has 5 nitrogen and oxygen atoms in total. The number of carbonyl (C=O) groups excluding carboxylic acids is 1. The standard InChI is InChI=1S/C17H22N4O/c1-5-13(4)18-16-9-8-15(20-21-16)17(22)19-14-7-6-11(2)10-12(14)3/h6-10,13H,5H2,1-4H3,(H,18,21)(H,19,22). The lowest BCUT2D eigenvalue weighted by molar-refractivity contribution is 0.102. The largest absolute Gasteiger partial charge is 0.366 e. The van der Waals surface area contributed by atoms with Crippen LogP contribution in [-0.2, 0) is 0 Å². The first-order chi connectivity index (χ1) is 10.5. The molecular weight excluding hydrogens is 276 g/mol. The molecule has 5 heteroatoms. The van der Waals surface area contributed by atoms with Gasteiger partial charge in [0.05, 0.1) is 0 Å². The summed E-state index contributed by atoms with van der Waals surface area (Å²) >= 11 is 0. The third-order valence-electron chi connectivity index (χ3n) is 3.53. The van der Waals surface area contributed by atoms with Gasteiger partial charge in [0.1, 0.15) is 5.82 Å². The van der Waals surface area contributed by atoms with Gasteiger partial charge in [0.15, 0.2) is 5.69 Å². The highest BCUT2D eigenvalue weighted by molar-refractivity contribution is 6.03. The fourth-order valence-corrected chi connectivity index (χ4v) is 2.03. The quantitative estimate of drug-likeness (QED) is 0.885. The number of carbonyl (C=O) groups is 1. The van der Waals surface area contributed by atoms with Gasteiger partial charge in [0, 0.05) is 11.7 Å². The first-order valence-electron chi connectivity index (χ1n) is 7.48. The molecule has 22 heavy (non-hydrogen) atoms. The number of nitrogens with zero attached hydrogens (tertiary/aromatic N) is 2. The summed E-state index contributed by atoms with van der Waals surface area (Å²) in [5, 5.41) is 14.1. The predicted octanol–water partition coefficient (Wildman–Crippen LogP) is 3.56. The van der Waals surface area contributed by atoms with Crippen molar-refractivity contribution in [2.75, 3.05) is 10.6 Å². The Morgan fingerprint density at radius 2 is 1.95 bits per heavy atom. The van der Waals surface area contributed by atoms with Crippen LogP contribution in [0.4, 0.5) is 11.5 Å². The SMILES string of the molecule is CCC(C)Nc1ccc(C(=O)Nc2ccc(C)cc2C)nn1. The lowest BCUT2D eigenvalue weighted by atomic mass is 10.1. The smallest absolute Gasteiger partial charge is 0.276 e. The van der Waals surface area contributed by atoms with E-state index in [2.05, 4.69) is 34.7 Å². The normalized spacial score (nSPS) is 11.8. The van der Waals surface area contributed by atoms with Gasteiger partial charge >= 0.3 is 0 Å². The van der Waals surface area contributed by atoms with Crippen molar-refractivity contribution >= 4 is 17.4 Å². The van der Waals surface area contributed by atoms with Crippen LogP contribution in [0.15, 0.2) is 30.3 Å². The molecule has 0 aliphatic heterocycles. The molecule has 0 fully saturated rings. The second kappa shape index (κ2) is 7.02. The Bertz CT molecular complexity index is 652. The zero-order valence-electron chi connectivity index (χ0n) is 13.5. The van der Waals surface area contributed by atoms with E-state index in [4.69, 9.17) is 0 Å². The summed E-state index contributed by atoms with van der Waals surface area (Å²) in [6, 6.07) is 9.67. The summed E-state index contributed by atoms with van der Waals surface area (Å²) in [6.45, 7) is 8.15. The molecule has 1 aromatic carbocycles. The van der Waals surface area contributed by atoms with E-state index in [1.807, 2.05) is 32.0 Å². The van der Waals surface area contributed by atoms with Gasteiger partial charge in [-0.1, -0.05) is 24.6 Å². The fourth-order valence-electron chi connectivity index (χ4n) is 2.03. The fraction of sp³-hybridized carbons (Fsp3) is 0.353. The van der Waals surface area contributed by atoms with Crippen molar-refractivity contribution in [3.8, 4) is 0 Å². The summed E-state index contributed by atoms with van der Waals surface area (Å²) < 4.78 is 0. The molecule has 1 atom stereocenters. The van der Waals surface area contributed by atoms with E-state index in [0.29, 0.717) is 17.6 Å². The number of anilines is 2. The lowest BCUT2D eigenvalue weighted by Gasteiger charge is -2.12. The van der Waals surface area contributed by atoms with Gasteiger partial charge < -0.3 is 10.6 Å². The van der Waals surface area contributed by atoms with Gasteiger partial charge in [0.25, 0.3) is 5.91 Å². The van der Waals surface area contributed by atoms with Crippen LogP contribution in [0.2, 0.25) is 0 Å². The van der Waals surface area contributed by atoms with E-state index < -0.39 is 0 Å². The highest BCUT2D eigenvalue weighted by Crippen LogP contribution is 2.17. The maximum absolute atomic E-state index is 12.2. The van der Waals surface area contributed by atoms with Crippen molar-refractivity contribution in [3.63, 3.8) is 0 Å². The molecule has 0 spiro atoms. The summed E-state index contributed by atoms with van der Waals surface area (Å²) in [4.78, 5) is 12.2. The van der Waals surface area contributed by atoms with Crippen LogP contribution in [0.5, 0.6) is 0 Å². The summed E-state index contributed by atoms with van der Waals surface area (Å²) in [5.74, 6) is 0.423. The summed E-state index contributed by atoms with van der Waals surface area (Å²) in [5.41, 5.74) is 3.28. The molecule has 2 rings (SSSR count). The first-order valence-corrected chi connectivity index (χ1v) is 7.48. The summed E-state index contributed by atoms with van der Waals surface area (Å²) in [6.07, 6.45) is 0.997. The highest BCUT2D eigenvalue weighted by Gasteiger charge is 2.10. The van der Waals surface area contributed by atoms with E-state index in [9.17, 15) is 4.79 Å². The van der Waals surface area contributed by atoms with E-state index in [1.165, 1.54) is 0 Å². The van der Waals surface area contributed by atoms with E-state index >= 15 is 0 Å². The molecule has 1 heterocycles. The zero-order valence-corrected chi connectivity index (χ0v) is 13.5. The van der Waals surface area contributed by atoms with Crippen molar-refractivity contribution in [2.45, 2.75) is 40.2 Å². The minimum atomic E-state index is -0.255. The molecule has 0 radical (unpaired) electrons. The third kappa shape index (κ3) is 4.04. The van der Waals surface area contributed by atoms with Gasteiger partial charge in [-0.15, -0.1) is 10.2 Å². The van der Waals surface area contributed by atoms with Crippen LogP contribution in [-0.4, -0.2) is 22.1 Å². The molecule has 1 unspecified atom stereocenters. The van der Waals surface area contributed by atoms with E-state index in [-0.39, 0.29) is 5.91 Å². The van der Waals surface area contributed by atoms with Crippen LogP contribution in [0.25, 0.3) is 0 Å². The number of hydrogen-bond donors (Lipinski definition) is 2. The van der Waals surface area contributed by atoms with Gasteiger partial charge in [-0.25, -0.2) is 0 Å². The Balaban J connectivity index is 2.06. The Morgan fingerprint density at radius 3 is 2.55 bits per heavy atom. The van der Waals surface area contributed by atoms with Crippen LogP contribution in [0.3, 0.4) is 0 Å². The van der Waals surface area contributed by atoms with Crippen LogP contribution < -0.4 is 10.6 Å². The molecule has 2 N–H and O–H groups in total. The number of hydrogen-bond acceptors (Lipinski definition) is 4. The molecule has 116 valence electrons. The monoisotopic (exact) mass is 298 g/mol. The number of amides is 1. The average Bonchev–Trinajstić information content (AvgIpc) is 2.50. The van der Waals surface area contributed by atoms with Crippen molar-refractivity contribution < 1.29 is 4.79 Å². The number of nitrogens with one attached hydrogen (secondary N) is 2. The minimum Gasteiger partial charge on any atom is -0.366 e. The van der Waals surface area contributed by atoms with Gasteiger partial charge in [0.2, 0.25) is 0 Å². The van der Waals surface area contributed by atoms with Gasteiger partial charge in [-0.05, 0) is 51.0 Å². The molecule has 0 saturated carbocycles. The van der Waals surface area contributed by atoms with Gasteiger partial charge in [-0.3, -0.25) is 4.79 Å². The molecule has 2 aromatic rings. The molecule has 0 aliphatic carbocycles. The molecular formula is C17H22N4O. The lowest BCUT2D eigenvalue weighted by Crippen LogP contribution is -2.18. The van der Waals surface area contributed by atoms with Crippen LogP contribution in [0, 0.1) is 13.8 Å². The number of aromatic nitrogens is 2. The Kier molecular flexibility index (Phi) is 5.09. The highest BCUT2D eigenvalue weighted by atomic mass is 16.1. The Labute approximate surface area is 131 Å². The number of rotatable bonds is 5. The second-order valence-corrected chi connectivity index (χ2v) is 5.53. The molecule has 0 saturated heterocycles. The topological polar surface area (TPSA) is 66.9 Å². The predicted molar refractivity (Wildman–Crippen MR) is 89.3 cm³/mol. The van der Waals surface area contributed by atoms with Gasteiger partial charge in [-0.2, -0.15) is 0 Å². The van der Waals surface area contributed by atoms with E-state index in [1.54, 1.807) is 12.1 Å². The number of aryl methyl sites for hydroxylation is 2. The molecule has 0 aliphatic rings. The van der Waals surface area contributed by atoms with Crippen molar-refractivity contribution in [1.82, 2.24) is 10.2 Å².